The monoisotopic (exact) mass is 307 g/mol. The summed E-state index contributed by atoms with van der Waals surface area (Å²) in [6.07, 6.45) is 3.38. The van der Waals surface area contributed by atoms with E-state index in [1.165, 1.54) is 12.5 Å². The molecule has 1 aliphatic carbocycles. The zero-order valence-electron chi connectivity index (χ0n) is 11.2. The molecule has 1 fully saturated rings. The van der Waals surface area contributed by atoms with Crippen LogP contribution in [0.3, 0.4) is 0 Å². The van der Waals surface area contributed by atoms with Gasteiger partial charge in [0.2, 0.25) is 11.7 Å². The lowest BCUT2D eigenvalue weighted by molar-refractivity contribution is 0.0995. The fourth-order valence-electron chi connectivity index (χ4n) is 2.11. The summed E-state index contributed by atoms with van der Waals surface area (Å²) in [5.74, 6) is 1.23. The van der Waals surface area contributed by atoms with Crippen LogP contribution in [0.15, 0.2) is 22.7 Å². The van der Waals surface area contributed by atoms with Gasteiger partial charge in [-0.25, -0.2) is 0 Å². The molecule has 1 aliphatic rings. The fourth-order valence-corrected chi connectivity index (χ4v) is 2.28. The van der Waals surface area contributed by atoms with E-state index in [1.54, 1.807) is 12.1 Å². The van der Waals surface area contributed by atoms with Gasteiger partial charge in [-0.2, -0.15) is 4.98 Å². The molecule has 3 rings (SSSR count). The number of aromatic nitrogens is 2. The third-order valence-electron chi connectivity index (χ3n) is 3.50. The van der Waals surface area contributed by atoms with Gasteiger partial charge < -0.3 is 15.0 Å². The molecule has 1 aromatic heterocycles. The lowest BCUT2D eigenvalue weighted by atomic mass is 9.85. The largest absolute Gasteiger partial charge is 0.485 e. The van der Waals surface area contributed by atoms with E-state index in [0.29, 0.717) is 28.4 Å². The SMILES string of the molecule is NC(=O)c1cc(Cl)ccc1OCc1noc(C2CCC2)n1. The summed E-state index contributed by atoms with van der Waals surface area (Å²) >= 11 is 5.84. The van der Waals surface area contributed by atoms with Crippen molar-refractivity contribution < 1.29 is 14.1 Å². The molecule has 110 valence electrons. The number of hydrogen-bond donors (Lipinski definition) is 1. The highest BCUT2D eigenvalue weighted by Crippen LogP contribution is 2.35. The number of benzene rings is 1. The maximum Gasteiger partial charge on any atom is 0.252 e. The Hall–Kier alpha value is -2.08. The summed E-state index contributed by atoms with van der Waals surface area (Å²) in [5, 5.41) is 4.29. The summed E-state index contributed by atoms with van der Waals surface area (Å²) in [6, 6.07) is 4.68. The zero-order valence-corrected chi connectivity index (χ0v) is 12.0. The summed E-state index contributed by atoms with van der Waals surface area (Å²) < 4.78 is 10.7. The van der Waals surface area contributed by atoms with Gasteiger partial charge in [0.1, 0.15) is 5.75 Å². The molecule has 0 aliphatic heterocycles. The van der Waals surface area contributed by atoms with Gasteiger partial charge in [-0.1, -0.05) is 23.2 Å². The minimum Gasteiger partial charge on any atom is -0.485 e. The number of amides is 1. The third kappa shape index (κ3) is 3.00. The Kier molecular flexibility index (Phi) is 3.79. The Morgan fingerprint density at radius 2 is 2.29 bits per heavy atom. The molecule has 21 heavy (non-hydrogen) atoms. The molecular weight excluding hydrogens is 294 g/mol. The van der Waals surface area contributed by atoms with Gasteiger partial charge in [-0.15, -0.1) is 0 Å². The van der Waals surface area contributed by atoms with E-state index < -0.39 is 5.91 Å². The van der Waals surface area contributed by atoms with Crippen molar-refractivity contribution in [1.82, 2.24) is 10.1 Å². The van der Waals surface area contributed by atoms with Crippen molar-refractivity contribution in [1.29, 1.82) is 0 Å². The van der Waals surface area contributed by atoms with Crippen LogP contribution in [-0.2, 0) is 6.61 Å². The number of nitrogens with zero attached hydrogens (tertiary/aromatic N) is 2. The maximum atomic E-state index is 11.4. The third-order valence-corrected chi connectivity index (χ3v) is 3.74. The summed E-state index contributed by atoms with van der Waals surface area (Å²) in [5.41, 5.74) is 5.52. The molecule has 0 unspecified atom stereocenters. The van der Waals surface area contributed by atoms with Gasteiger partial charge in [0.05, 0.1) is 5.56 Å². The van der Waals surface area contributed by atoms with E-state index in [0.717, 1.165) is 12.8 Å². The van der Waals surface area contributed by atoms with Gasteiger partial charge in [0, 0.05) is 10.9 Å². The highest BCUT2D eigenvalue weighted by Gasteiger charge is 2.25. The molecule has 0 radical (unpaired) electrons. The first kappa shape index (κ1) is 13.9. The second kappa shape index (κ2) is 5.73. The Morgan fingerprint density at radius 3 is 2.95 bits per heavy atom. The molecule has 6 nitrogen and oxygen atoms in total. The molecule has 0 saturated heterocycles. The Morgan fingerprint density at radius 1 is 1.48 bits per heavy atom. The van der Waals surface area contributed by atoms with Crippen LogP contribution in [0.4, 0.5) is 0 Å². The first-order chi connectivity index (χ1) is 10.1. The van der Waals surface area contributed by atoms with Gasteiger partial charge in [-0.3, -0.25) is 4.79 Å². The van der Waals surface area contributed by atoms with E-state index in [4.69, 9.17) is 26.6 Å². The number of halogens is 1. The second-order valence-electron chi connectivity index (χ2n) is 4.97. The van der Waals surface area contributed by atoms with Crippen LogP contribution >= 0.6 is 11.6 Å². The number of carbonyl (C=O) groups is 1. The highest BCUT2D eigenvalue weighted by molar-refractivity contribution is 6.31. The van der Waals surface area contributed by atoms with Crippen LogP contribution in [0, 0.1) is 0 Å². The molecule has 1 amide bonds. The Labute approximate surface area is 126 Å². The van der Waals surface area contributed by atoms with Crippen molar-refractivity contribution in [3.05, 3.63) is 40.5 Å². The minimum absolute atomic E-state index is 0.109. The molecule has 7 heteroatoms. The van der Waals surface area contributed by atoms with Crippen molar-refractivity contribution in [2.45, 2.75) is 31.8 Å². The first-order valence-electron chi connectivity index (χ1n) is 6.68. The zero-order chi connectivity index (χ0) is 14.8. The number of rotatable bonds is 5. The molecule has 1 saturated carbocycles. The lowest BCUT2D eigenvalue weighted by Gasteiger charge is -2.20. The van der Waals surface area contributed by atoms with E-state index in [-0.39, 0.29) is 12.2 Å². The predicted octanol–water partition coefficient (Wildman–Crippen LogP) is 2.67. The van der Waals surface area contributed by atoms with Crippen LogP contribution in [0.2, 0.25) is 5.02 Å². The Balaban J connectivity index is 1.69. The van der Waals surface area contributed by atoms with Crippen LogP contribution < -0.4 is 10.5 Å². The highest BCUT2D eigenvalue weighted by atomic mass is 35.5. The average Bonchev–Trinajstić information content (AvgIpc) is 2.83. The molecule has 2 aromatic rings. The van der Waals surface area contributed by atoms with E-state index in [9.17, 15) is 4.79 Å². The van der Waals surface area contributed by atoms with Gasteiger partial charge >= 0.3 is 0 Å². The molecule has 0 atom stereocenters. The minimum atomic E-state index is -0.601. The summed E-state index contributed by atoms with van der Waals surface area (Å²) in [4.78, 5) is 15.7. The van der Waals surface area contributed by atoms with Gasteiger partial charge in [-0.05, 0) is 31.0 Å². The van der Waals surface area contributed by atoms with Crippen LogP contribution in [0.25, 0.3) is 0 Å². The smallest absolute Gasteiger partial charge is 0.252 e. The average molecular weight is 308 g/mol. The number of carbonyl (C=O) groups excluding carboxylic acids is 1. The number of ether oxygens (including phenoxy) is 1. The number of nitrogens with two attached hydrogens (primary N) is 1. The summed E-state index contributed by atoms with van der Waals surface area (Å²) in [7, 11) is 0. The van der Waals surface area contributed by atoms with Crippen LogP contribution in [0.1, 0.15) is 47.3 Å². The van der Waals surface area contributed by atoms with Crippen molar-refractivity contribution in [2.24, 2.45) is 5.73 Å². The molecule has 1 aromatic carbocycles. The molecular formula is C14H14ClN3O3. The Bertz CT molecular complexity index is 667. The number of primary amides is 1. The predicted molar refractivity (Wildman–Crippen MR) is 75.2 cm³/mol. The fraction of sp³-hybridized carbons (Fsp3) is 0.357. The van der Waals surface area contributed by atoms with E-state index >= 15 is 0 Å². The molecule has 1 heterocycles. The first-order valence-corrected chi connectivity index (χ1v) is 7.06. The topological polar surface area (TPSA) is 91.2 Å². The molecule has 0 bridgehead atoms. The number of hydrogen-bond acceptors (Lipinski definition) is 5. The normalized spacial score (nSPS) is 14.7. The summed E-state index contributed by atoms with van der Waals surface area (Å²) in [6.45, 7) is 0.109. The van der Waals surface area contributed by atoms with Crippen LogP contribution in [0.5, 0.6) is 5.75 Å². The van der Waals surface area contributed by atoms with E-state index in [1.807, 2.05) is 0 Å². The molecule has 0 spiro atoms. The molecule has 2 N–H and O–H groups in total. The van der Waals surface area contributed by atoms with Crippen LogP contribution in [-0.4, -0.2) is 16.0 Å². The van der Waals surface area contributed by atoms with Crippen molar-refractivity contribution in [3.8, 4) is 5.75 Å². The maximum absolute atomic E-state index is 11.4. The van der Waals surface area contributed by atoms with E-state index in [2.05, 4.69) is 10.1 Å². The lowest BCUT2D eigenvalue weighted by Crippen LogP contribution is -2.13. The van der Waals surface area contributed by atoms with Crippen molar-refractivity contribution in [2.75, 3.05) is 0 Å². The quantitative estimate of drug-likeness (QED) is 0.917. The van der Waals surface area contributed by atoms with Gasteiger partial charge in [0.25, 0.3) is 5.91 Å². The van der Waals surface area contributed by atoms with Crippen molar-refractivity contribution >= 4 is 17.5 Å². The second-order valence-corrected chi connectivity index (χ2v) is 5.41. The van der Waals surface area contributed by atoms with Gasteiger partial charge in [0.15, 0.2) is 6.61 Å². The van der Waals surface area contributed by atoms with Crippen molar-refractivity contribution in [3.63, 3.8) is 0 Å². The standard InChI is InChI=1S/C14H14ClN3O3/c15-9-4-5-11(10(6-9)13(16)19)20-7-12-17-14(21-18-12)8-2-1-3-8/h4-6,8H,1-3,7H2,(H2,16,19).